The summed E-state index contributed by atoms with van der Waals surface area (Å²) in [6, 6.07) is 18.6. The molecule has 1 heterocycles. The summed E-state index contributed by atoms with van der Waals surface area (Å²) in [4.78, 5) is 24.6. The third-order valence-electron chi connectivity index (χ3n) is 4.74. The number of hydrogen-bond donors (Lipinski definition) is 1. The van der Waals surface area contributed by atoms with Gasteiger partial charge in [-0.15, -0.1) is 0 Å². The lowest BCUT2D eigenvalue weighted by Crippen LogP contribution is -2.45. The van der Waals surface area contributed by atoms with Crippen molar-refractivity contribution in [2.75, 3.05) is 0 Å². The molecule has 0 aliphatic carbocycles. The molecule has 154 valence electrons. The highest BCUT2D eigenvalue weighted by Crippen LogP contribution is 2.28. The highest BCUT2D eigenvalue weighted by Gasteiger charge is 2.43. The van der Waals surface area contributed by atoms with Gasteiger partial charge in [-0.25, -0.2) is 9.59 Å². The Labute approximate surface area is 171 Å². The van der Waals surface area contributed by atoms with Gasteiger partial charge in [0.1, 0.15) is 18.8 Å². The number of rotatable bonds is 9. The minimum Gasteiger partial charge on any atom is -0.445 e. The fraction of sp³-hybridized carbons (Fsp3) is 0.391. The van der Waals surface area contributed by atoms with Crippen molar-refractivity contribution in [1.82, 2.24) is 5.32 Å². The first-order valence-corrected chi connectivity index (χ1v) is 9.90. The predicted molar refractivity (Wildman–Crippen MR) is 108 cm³/mol. The molecule has 2 aromatic carbocycles. The number of esters is 1. The second-order valence-electron chi connectivity index (χ2n) is 7.43. The van der Waals surface area contributed by atoms with Crippen LogP contribution in [0.2, 0.25) is 0 Å². The van der Waals surface area contributed by atoms with E-state index in [1.54, 1.807) is 0 Å². The van der Waals surface area contributed by atoms with Gasteiger partial charge >= 0.3 is 12.1 Å². The van der Waals surface area contributed by atoms with Crippen LogP contribution in [0.3, 0.4) is 0 Å². The molecular weight excluding hydrogens is 370 g/mol. The van der Waals surface area contributed by atoms with E-state index < -0.39 is 24.4 Å². The first-order chi connectivity index (χ1) is 14.0. The molecule has 6 nitrogen and oxygen atoms in total. The third-order valence-corrected chi connectivity index (χ3v) is 4.74. The average Bonchev–Trinajstić information content (AvgIpc) is 3.47. The van der Waals surface area contributed by atoms with Crippen LogP contribution in [-0.2, 0) is 32.0 Å². The number of carbonyl (C=O) groups is 2. The smallest absolute Gasteiger partial charge is 0.408 e. The van der Waals surface area contributed by atoms with Crippen LogP contribution in [0.15, 0.2) is 60.7 Å². The van der Waals surface area contributed by atoms with Crippen molar-refractivity contribution in [3.8, 4) is 0 Å². The van der Waals surface area contributed by atoms with Crippen molar-refractivity contribution in [3.63, 3.8) is 0 Å². The lowest BCUT2D eigenvalue weighted by molar-refractivity contribution is -0.152. The molecule has 1 N–H and O–H groups in total. The molecule has 6 heteroatoms. The summed E-state index contributed by atoms with van der Waals surface area (Å²) in [5.41, 5.74) is 2.09. The minimum atomic E-state index is -0.794. The zero-order valence-corrected chi connectivity index (χ0v) is 16.7. The molecule has 2 aromatic rings. The highest BCUT2D eigenvalue weighted by molar-refractivity contribution is 5.81. The van der Waals surface area contributed by atoms with Crippen molar-refractivity contribution >= 4 is 12.1 Å². The first kappa shape index (κ1) is 20.9. The van der Waals surface area contributed by atoms with Crippen molar-refractivity contribution in [3.05, 3.63) is 71.8 Å². The molecule has 1 fully saturated rings. The molecular formula is C23H27NO5. The van der Waals surface area contributed by atoms with Gasteiger partial charge in [-0.2, -0.15) is 0 Å². The van der Waals surface area contributed by atoms with E-state index in [1.165, 1.54) is 5.56 Å². The molecule has 3 rings (SSSR count). The van der Waals surface area contributed by atoms with Gasteiger partial charge in [-0.3, -0.25) is 0 Å². The Morgan fingerprint density at radius 2 is 1.62 bits per heavy atom. The molecule has 1 saturated heterocycles. The summed E-state index contributed by atoms with van der Waals surface area (Å²) in [5, 5.41) is 2.60. The number of carbonyl (C=O) groups excluding carboxylic acids is 2. The summed E-state index contributed by atoms with van der Waals surface area (Å²) < 4.78 is 16.1. The molecule has 1 aliphatic heterocycles. The van der Waals surface area contributed by atoms with Crippen LogP contribution in [0.4, 0.5) is 4.79 Å². The van der Waals surface area contributed by atoms with Crippen LogP contribution >= 0.6 is 0 Å². The van der Waals surface area contributed by atoms with Crippen LogP contribution in [0, 0.1) is 5.92 Å². The van der Waals surface area contributed by atoms with Gasteiger partial charge in [0.05, 0.1) is 0 Å². The van der Waals surface area contributed by atoms with E-state index >= 15 is 0 Å². The summed E-state index contributed by atoms with van der Waals surface area (Å²) in [5.74, 6) is -0.655. The van der Waals surface area contributed by atoms with Crippen LogP contribution in [0.5, 0.6) is 0 Å². The topological polar surface area (TPSA) is 77.2 Å². The minimum absolute atomic E-state index is 0.1000. The molecule has 3 atom stereocenters. The number of nitrogens with one attached hydrogen (secondary N) is 1. The van der Waals surface area contributed by atoms with Gasteiger partial charge in [0.25, 0.3) is 0 Å². The Morgan fingerprint density at radius 3 is 2.24 bits per heavy atom. The highest BCUT2D eigenvalue weighted by atomic mass is 16.8. The second-order valence-corrected chi connectivity index (χ2v) is 7.43. The van der Waals surface area contributed by atoms with Gasteiger partial charge in [0.2, 0.25) is 6.29 Å². The lowest BCUT2D eigenvalue weighted by Gasteiger charge is -2.20. The molecule has 0 aromatic heterocycles. The summed E-state index contributed by atoms with van der Waals surface area (Å²) in [6.07, 6.45) is 0.339. The van der Waals surface area contributed by atoms with E-state index in [4.69, 9.17) is 14.2 Å². The van der Waals surface area contributed by atoms with Crippen molar-refractivity contribution in [2.45, 2.75) is 51.7 Å². The monoisotopic (exact) mass is 397 g/mol. The Morgan fingerprint density at radius 1 is 1.00 bits per heavy atom. The molecule has 0 bridgehead atoms. The quantitative estimate of drug-likeness (QED) is 0.514. The van der Waals surface area contributed by atoms with Crippen LogP contribution in [-0.4, -0.2) is 30.5 Å². The number of hydrogen-bond acceptors (Lipinski definition) is 5. The van der Waals surface area contributed by atoms with E-state index in [1.807, 2.05) is 62.4 Å². The Hall–Kier alpha value is -2.86. The van der Waals surface area contributed by atoms with Gasteiger partial charge in [-0.1, -0.05) is 74.5 Å². The summed E-state index contributed by atoms with van der Waals surface area (Å²) in [7, 11) is 0. The Kier molecular flexibility index (Phi) is 7.25. The maximum atomic E-state index is 12.5. The fourth-order valence-electron chi connectivity index (χ4n) is 2.97. The van der Waals surface area contributed by atoms with Crippen LogP contribution < -0.4 is 5.32 Å². The molecule has 0 spiro atoms. The fourth-order valence-corrected chi connectivity index (χ4v) is 2.97. The molecule has 1 aliphatic rings. The molecule has 0 saturated carbocycles. The first-order valence-electron chi connectivity index (χ1n) is 9.90. The lowest BCUT2D eigenvalue weighted by atomic mass is 10.1. The number of amides is 1. The predicted octanol–water partition coefficient (Wildman–Crippen LogP) is 3.84. The summed E-state index contributed by atoms with van der Waals surface area (Å²) >= 11 is 0. The molecule has 0 radical (unpaired) electrons. The third kappa shape index (κ3) is 6.61. The zero-order chi connectivity index (χ0) is 20.6. The van der Waals surface area contributed by atoms with E-state index in [0.717, 1.165) is 18.4 Å². The average molecular weight is 397 g/mol. The number of aryl methyl sites for hydroxylation is 1. The molecule has 0 unspecified atom stereocenters. The van der Waals surface area contributed by atoms with E-state index in [-0.39, 0.29) is 18.6 Å². The van der Waals surface area contributed by atoms with Gasteiger partial charge in [-0.05, 0) is 29.9 Å². The molecule has 1 amide bonds. The number of alkyl carbamates (subject to hydrolysis) is 1. The van der Waals surface area contributed by atoms with E-state index in [0.29, 0.717) is 0 Å². The normalized spacial score (nSPS) is 18.7. The summed E-state index contributed by atoms with van der Waals surface area (Å²) in [6.45, 7) is 3.81. The van der Waals surface area contributed by atoms with Crippen LogP contribution in [0.25, 0.3) is 0 Å². The van der Waals surface area contributed by atoms with Crippen molar-refractivity contribution < 1.29 is 23.8 Å². The SMILES string of the molecule is CC(C)[C@H](NC(=O)OCc1ccccc1)C(=O)O[C@@H]1O[C@H]1CCc1ccccc1. The number of benzene rings is 2. The largest absolute Gasteiger partial charge is 0.445 e. The van der Waals surface area contributed by atoms with E-state index in [2.05, 4.69) is 17.4 Å². The Balaban J connectivity index is 1.41. The van der Waals surface area contributed by atoms with Gasteiger partial charge in [0.15, 0.2) is 0 Å². The number of epoxide rings is 1. The van der Waals surface area contributed by atoms with E-state index in [9.17, 15) is 9.59 Å². The standard InChI is InChI=1S/C23H27NO5/c1-16(2)20(24-23(26)27-15-18-11-7-4-8-12-18)21(25)29-22-19(28-22)14-13-17-9-5-3-6-10-17/h3-12,16,19-20,22H,13-15H2,1-2H3,(H,24,26)/t19-,20-,22-/m0/s1. The zero-order valence-electron chi connectivity index (χ0n) is 16.7. The number of ether oxygens (including phenoxy) is 3. The van der Waals surface area contributed by atoms with Gasteiger partial charge < -0.3 is 19.5 Å². The van der Waals surface area contributed by atoms with Crippen molar-refractivity contribution in [2.24, 2.45) is 5.92 Å². The van der Waals surface area contributed by atoms with Crippen molar-refractivity contribution in [1.29, 1.82) is 0 Å². The maximum absolute atomic E-state index is 12.5. The van der Waals surface area contributed by atoms with Crippen LogP contribution in [0.1, 0.15) is 31.4 Å². The second kappa shape index (κ2) is 10.1. The molecule has 29 heavy (non-hydrogen) atoms. The van der Waals surface area contributed by atoms with Gasteiger partial charge in [0, 0.05) is 0 Å². The maximum Gasteiger partial charge on any atom is 0.408 e. The Bertz CT molecular complexity index is 793.